The normalized spacial score (nSPS) is 15.4. The predicted molar refractivity (Wildman–Crippen MR) is 113 cm³/mol. The van der Waals surface area contributed by atoms with Crippen molar-refractivity contribution in [3.8, 4) is 5.75 Å². The zero-order valence-electron chi connectivity index (χ0n) is 17.0. The predicted octanol–water partition coefficient (Wildman–Crippen LogP) is 2.34. The number of para-hydroxylation sites is 1. The molecule has 0 unspecified atom stereocenters. The van der Waals surface area contributed by atoms with Crippen LogP contribution in [0.2, 0.25) is 0 Å². The van der Waals surface area contributed by atoms with Gasteiger partial charge in [0.05, 0.1) is 17.6 Å². The molecule has 1 aliphatic rings. The van der Waals surface area contributed by atoms with Gasteiger partial charge in [0.1, 0.15) is 5.75 Å². The number of methoxy groups -OCH3 is 1. The van der Waals surface area contributed by atoms with Gasteiger partial charge in [0, 0.05) is 37.9 Å². The molecule has 0 atom stereocenters. The van der Waals surface area contributed by atoms with E-state index in [0.29, 0.717) is 31.9 Å². The van der Waals surface area contributed by atoms with Gasteiger partial charge in [0.2, 0.25) is 10.0 Å². The summed E-state index contributed by atoms with van der Waals surface area (Å²) in [5.74, 6) is -0.0150. The lowest BCUT2D eigenvalue weighted by molar-refractivity contribution is 0.0940. The van der Waals surface area contributed by atoms with E-state index in [2.05, 4.69) is 10.2 Å². The minimum absolute atomic E-state index is 0.0708. The van der Waals surface area contributed by atoms with Crippen LogP contribution in [0.1, 0.15) is 24.2 Å². The minimum atomic E-state index is -3.71. The Morgan fingerprint density at radius 2 is 1.69 bits per heavy atom. The topological polar surface area (TPSA) is 79.0 Å². The largest absolute Gasteiger partial charge is 0.496 e. The standard InChI is InChI=1S/C21H27N3O4S/c1-16(2)22-21(25)19-15-18(9-10-20(19)28-3)29(26,27)24-13-11-23(12-14-24)17-7-5-4-6-8-17/h4-10,15-16H,11-14H2,1-3H3,(H,22,25). The molecule has 1 fully saturated rings. The number of piperazine rings is 1. The van der Waals surface area contributed by atoms with E-state index in [-0.39, 0.29) is 22.4 Å². The molecule has 0 aliphatic carbocycles. The molecule has 7 nitrogen and oxygen atoms in total. The molecule has 0 radical (unpaired) electrons. The van der Waals surface area contributed by atoms with Crippen molar-refractivity contribution in [2.45, 2.75) is 24.8 Å². The Balaban J connectivity index is 1.80. The first kappa shape index (κ1) is 21.1. The van der Waals surface area contributed by atoms with Gasteiger partial charge in [-0.1, -0.05) is 18.2 Å². The number of nitrogens with one attached hydrogen (secondary N) is 1. The number of carbonyl (C=O) groups is 1. The van der Waals surface area contributed by atoms with E-state index in [1.54, 1.807) is 0 Å². The number of rotatable bonds is 6. The van der Waals surface area contributed by atoms with E-state index in [1.807, 2.05) is 44.2 Å². The zero-order chi connectivity index (χ0) is 21.0. The van der Waals surface area contributed by atoms with Crippen molar-refractivity contribution < 1.29 is 17.9 Å². The first-order chi connectivity index (χ1) is 13.8. The summed E-state index contributed by atoms with van der Waals surface area (Å²) >= 11 is 0. The lowest BCUT2D eigenvalue weighted by Gasteiger charge is -2.35. The summed E-state index contributed by atoms with van der Waals surface area (Å²) in [7, 11) is -2.25. The molecule has 1 heterocycles. The second-order valence-electron chi connectivity index (χ2n) is 7.22. The van der Waals surface area contributed by atoms with Crippen LogP contribution in [-0.4, -0.2) is 58.0 Å². The Kier molecular flexibility index (Phi) is 6.44. The summed E-state index contributed by atoms with van der Waals surface area (Å²) in [5.41, 5.74) is 1.30. The summed E-state index contributed by atoms with van der Waals surface area (Å²) in [5, 5.41) is 2.78. The zero-order valence-corrected chi connectivity index (χ0v) is 17.8. The minimum Gasteiger partial charge on any atom is -0.496 e. The van der Waals surface area contributed by atoms with Crippen LogP contribution in [0.5, 0.6) is 5.75 Å². The summed E-state index contributed by atoms with van der Waals surface area (Å²) in [6.07, 6.45) is 0. The number of nitrogens with zero attached hydrogens (tertiary/aromatic N) is 2. The summed E-state index contributed by atoms with van der Waals surface area (Å²) in [6, 6.07) is 14.3. The number of hydrogen-bond donors (Lipinski definition) is 1. The molecule has 156 valence electrons. The molecular weight excluding hydrogens is 390 g/mol. The molecule has 1 aliphatic heterocycles. The monoisotopic (exact) mass is 417 g/mol. The van der Waals surface area contributed by atoms with Gasteiger partial charge in [0.25, 0.3) is 5.91 Å². The van der Waals surface area contributed by atoms with Crippen LogP contribution in [0.3, 0.4) is 0 Å². The molecule has 0 bridgehead atoms. The molecular formula is C21H27N3O4S. The molecule has 8 heteroatoms. The number of ether oxygens (including phenoxy) is 1. The number of anilines is 1. The van der Waals surface area contributed by atoms with E-state index >= 15 is 0 Å². The SMILES string of the molecule is COc1ccc(S(=O)(=O)N2CCN(c3ccccc3)CC2)cc1C(=O)NC(C)C. The van der Waals surface area contributed by atoms with Crippen molar-refractivity contribution in [2.24, 2.45) is 0 Å². The Hall–Kier alpha value is -2.58. The van der Waals surface area contributed by atoms with Crippen molar-refractivity contribution in [1.82, 2.24) is 9.62 Å². The number of amides is 1. The smallest absolute Gasteiger partial charge is 0.255 e. The van der Waals surface area contributed by atoms with Gasteiger partial charge in [0.15, 0.2) is 0 Å². The third-order valence-corrected chi connectivity index (χ3v) is 6.73. The second-order valence-corrected chi connectivity index (χ2v) is 9.15. The third kappa shape index (κ3) is 4.71. The highest BCUT2D eigenvalue weighted by Crippen LogP contribution is 2.26. The fourth-order valence-electron chi connectivity index (χ4n) is 3.34. The quantitative estimate of drug-likeness (QED) is 0.781. The van der Waals surface area contributed by atoms with Crippen LogP contribution in [-0.2, 0) is 10.0 Å². The molecule has 1 saturated heterocycles. The Labute approximate surface area is 172 Å². The first-order valence-electron chi connectivity index (χ1n) is 9.62. The van der Waals surface area contributed by atoms with Gasteiger partial charge in [-0.05, 0) is 44.2 Å². The first-order valence-corrected chi connectivity index (χ1v) is 11.1. The summed E-state index contributed by atoms with van der Waals surface area (Å²) < 4.78 is 33.0. The van der Waals surface area contributed by atoms with Gasteiger partial charge in [-0.2, -0.15) is 4.31 Å². The Morgan fingerprint density at radius 1 is 1.03 bits per heavy atom. The van der Waals surface area contributed by atoms with Gasteiger partial charge in [-0.3, -0.25) is 4.79 Å². The van der Waals surface area contributed by atoms with E-state index in [9.17, 15) is 13.2 Å². The van der Waals surface area contributed by atoms with Crippen LogP contribution in [0.25, 0.3) is 0 Å². The maximum absolute atomic E-state index is 13.2. The maximum Gasteiger partial charge on any atom is 0.255 e. The van der Waals surface area contributed by atoms with Gasteiger partial charge in [-0.15, -0.1) is 0 Å². The lowest BCUT2D eigenvalue weighted by atomic mass is 10.2. The number of sulfonamides is 1. The highest BCUT2D eigenvalue weighted by atomic mass is 32.2. The molecule has 29 heavy (non-hydrogen) atoms. The number of carbonyl (C=O) groups excluding carboxylic acids is 1. The van der Waals surface area contributed by atoms with E-state index < -0.39 is 10.0 Å². The number of benzene rings is 2. The van der Waals surface area contributed by atoms with Crippen molar-refractivity contribution in [3.63, 3.8) is 0 Å². The van der Waals surface area contributed by atoms with Crippen molar-refractivity contribution in [1.29, 1.82) is 0 Å². The van der Waals surface area contributed by atoms with Crippen LogP contribution in [0.4, 0.5) is 5.69 Å². The molecule has 2 aromatic rings. The average Bonchev–Trinajstić information content (AvgIpc) is 2.73. The summed E-state index contributed by atoms with van der Waals surface area (Å²) in [4.78, 5) is 14.7. The molecule has 1 amide bonds. The summed E-state index contributed by atoms with van der Waals surface area (Å²) in [6.45, 7) is 5.68. The average molecular weight is 418 g/mol. The van der Waals surface area contributed by atoms with Crippen molar-refractivity contribution in [3.05, 3.63) is 54.1 Å². The highest BCUT2D eigenvalue weighted by Gasteiger charge is 2.30. The number of hydrogen-bond acceptors (Lipinski definition) is 5. The van der Waals surface area contributed by atoms with Crippen LogP contribution < -0.4 is 15.0 Å². The molecule has 0 spiro atoms. The van der Waals surface area contributed by atoms with E-state index in [4.69, 9.17) is 4.74 Å². The maximum atomic E-state index is 13.2. The van der Waals surface area contributed by atoms with Gasteiger partial charge >= 0.3 is 0 Å². The molecule has 0 saturated carbocycles. The second kappa shape index (κ2) is 8.84. The van der Waals surface area contributed by atoms with Crippen LogP contribution in [0.15, 0.2) is 53.4 Å². The van der Waals surface area contributed by atoms with Crippen molar-refractivity contribution in [2.75, 3.05) is 38.2 Å². The highest BCUT2D eigenvalue weighted by molar-refractivity contribution is 7.89. The van der Waals surface area contributed by atoms with Gasteiger partial charge in [-0.25, -0.2) is 8.42 Å². The van der Waals surface area contributed by atoms with Crippen LogP contribution in [0, 0.1) is 0 Å². The molecule has 1 N–H and O–H groups in total. The van der Waals surface area contributed by atoms with E-state index in [0.717, 1.165) is 5.69 Å². The fourth-order valence-corrected chi connectivity index (χ4v) is 4.79. The van der Waals surface area contributed by atoms with Crippen LogP contribution >= 0.6 is 0 Å². The van der Waals surface area contributed by atoms with E-state index in [1.165, 1.54) is 29.6 Å². The van der Waals surface area contributed by atoms with Crippen molar-refractivity contribution >= 4 is 21.6 Å². The third-order valence-electron chi connectivity index (χ3n) is 4.83. The molecule has 0 aromatic heterocycles. The Bertz CT molecular complexity index is 953. The Morgan fingerprint density at radius 3 is 2.28 bits per heavy atom. The molecule has 3 rings (SSSR count). The molecule has 2 aromatic carbocycles. The van der Waals surface area contributed by atoms with Gasteiger partial charge < -0.3 is 15.0 Å². The fraction of sp³-hybridized carbons (Fsp3) is 0.381. The lowest BCUT2D eigenvalue weighted by Crippen LogP contribution is -2.48.